The van der Waals surface area contributed by atoms with E-state index in [9.17, 15) is 18.5 Å². The second kappa shape index (κ2) is 7.76. The minimum absolute atomic E-state index is 0.0255. The fourth-order valence-corrected chi connectivity index (χ4v) is 6.76. The number of hydrogen-bond donors (Lipinski definition) is 1. The molecule has 2 aliphatic heterocycles. The minimum atomic E-state index is -3.52. The van der Waals surface area contributed by atoms with Crippen LogP contribution in [0.15, 0.2) is 59.5 Å². The molecule has 2 aromatic rings. The Morgan fingerprint density at radius 1 is 1.03 bits per heavy atom. The summed E-state index contributed by atoms with van der Waals surface area (Å²) in [5, 5.41) is 15.1. The van der Waals surface area contributed by atoms with E-state index >= 15 is 0 Å². The van der Waals surface area contributed by atoms with Crippen LogP contribution in [-0.2, 0) is 10.0 Å². The molecule has 1 fully saturated rings. The van der Waals surface area contributed by atoms with E-state index in [0.717, 1.165) is 36.9 Å². The Hall–Kier alpha value is -2.71. The molecule has 3 aliphatic rings. The third-order valence-corrected chi connectivity index (χ3v) is 8.65. The van der Waals surface area contributed by atoms with E-state index in [-0.39, 0.29) is 28.5 Å². The van der Waals surface area contributed by atoms with Gasteiger partial charge in [-0.15, -0.1) is 0 Å². The lowest BCUT2D eigenvalue weighted by atomic mass is 9.76. The Balaban J connectivity index is 1.54. The van der Waals surface area contributed by atoms with E-state index in [1.807, 2.05) is 18.2 Å². The highest BCUT2D eigenvalue weighted by molar-refractivity contribution is 7.89. The van der Waals surface area contributed by atoms with Gasteiger partial charge in [-0.1, -0.05) is 36.8 Å². The number of nitro benzene ring substituents is 1. The molecule has 0 saturated carbocycles. The Labute approximate surface area is 182 Å². The zero-order valence-corrected chi connectivity index (χ0v) is 17.9. The van der Waals surface area contributed by atoms with Gasteiger partial charge in [0.15, 0.2) is 0 Å². The van der Waals surface area contributed by atoms with Crippen molar-refractivity contribution in [1.29, 1.82) is 0 Å². The van der Waals surface area contributed by atoms with E-state index in [1.54, 1.807) is 22.5 Å². The zero-order chi connectivity index (χ0) is 21.6. The zero-order valence-electron chi connectivity index (χ0n) is 17.1. The second-order valence-corrected chi connectivity index (χ2v) is 10.4. The number of para-hydroxylation sites is 1. The number of nitrogens with one attached hydrogen (secondary N) is 1. The molecule has 162 valence electrons. The van der Waals surface area contributed by atoms with Crippen LogP contribution in [0.5, 0.6) is 0 Å². The lowest BCUT2D eigenvalue weighted by molar-refractivity contribution is -0.385. The third kappa shape index (κ3) is 3.43. The summed E-state index contributed by atoms with van der Waals surface area (Å²) in [7, 11) is -3.52. The van der Waals surface area contributed by atoms with Crippen molar-refractivity contribution >= 4 is 21.4 Å². The summed E-state index contributed by atoms with van der Waals surface area (Å²) in [4.78, 5) is 11.6. The summed E-state index contributed by atoms with van der Waals surface area (Å²) in [6.45, 7) is 1.15. The van der Waals surface area contributed by atoms with Gasteiger partial charge >= 0.3 is 0 Å². The number of hydrogen-bond acceptors (Lipinski definition) is 5. The summed E-state index contributed by atoms with van der Waals surface area (Å²) in [6, 6.07) is 11.9. The summed E-state index contributed by atoms with van der Waals surface area (Å²) in [5.74, 6) is 0.124. The lowest BCUT2D eigenvalue weighted by Crippen LogP contribution is -2.36. The topological polar surface area (TPSA) is 92.5 Å². The van der Waals surface area contributed by atoms with Crippen molar-refractivity contribution < 1.29 is 13.3 Å². The molecule has 2 heterocycles. The average Bonchev–Trinajstić information content (AvgIpc) is 3.29. The van der Waals surface area contributed by atoms with Crippen molar-refractivity contribution in [2.24, 2.45) is 5.92 Å². The molecule has 0 aromatic heterocycles. The van der Waals surface area contributed by atoms with Crippen LogP contribution in [0.3, 0.4) is 0 Å². The first-order chi connectivity index (χ1) is 15.0. The summed E-state index contributed by atoms with van der Waals surface area (Å²) < 4.78 is 28.0. The molecule has 5 rings (SSSR count). The van der Waals surface area contributed by atoms with Crippen LogP contribution in [0, 0.1) is 16.0 Å². The summed E-state index contributed by atoms with van der Waals surface area (Å²) in [6.07, 6.45) is 7.87. The minimum Gasteiger partial charge on any atom is -0.377 e. The molecular formula is C23H25N3O4S. The van der Waals surface area contributed by atoms with Gasteiger partial charge in [-0.3, -0.25) is 10.1 Å². The number of nitrogens with zero attached hydrogens (tertiary/aromatic N) is 2. The number of sulfonamides is 1. The van der Waals surface area contributed by atoms with Crippen molar-refractivity contribution in [2.75, 3.05) is 18.4 Å². The predicted octanol–water partition coefficient (Wildman–Crippen LogP) is 4.60. The molecule has 0 bridgehead atoms. The second-order valence-electron chi connectivity index (χ2n) is 8.51. The van der Waals surface area contributed by atoms with Gasteiger partial charge in [0, 0.05) is 30.8 Å². The van der Waals surface area contributed by atoms with Crippen LogP contribution in [0.2, 0.25) is 0 Å². The molecule has 3 unspecified atom stereocenters. The number of fused-ring (bicyclic) bond motifs is 3. The SMILES string of the molecule is O=[N+]([O-])c1ccccc1C1Nc2ccc(S(=O)(=O)N3CCCCC3)cc2C2C=CCC21. The van der Waals surface area contributed by atoms with E-state index in [4.69, 9.17) is 0 Å². The quantitative estimate of drug-likeness (QED) is 0.427. The van der Waals surface area contributed by atoms with Crippen molar-refractivity contribution in [2.45, 2.75) is 42.5 Å². The van der Waals surface area contributed by atoms with Gasteiger partial charge < -0.3 is 5.32 Å². The van der Waals surface area contributed by atoms with Gasteiger partial charge in [-0.05, 0) is 48.9 Å². The van der Waals surface area contributed by atoms with Gasteiger partial charge in [0.25, 0.3) is 5.69 Å². The van der Waals surface area contributed by atoms with Crippen molar-refractivity contribution in [1.82, 2.24) is 4.31 Å². The smallest absolute Gasteiger partial charge is 0.274 e. The molecule has 0 spiro atoms. The number of nitro groups is 1. The standard InChI is InChI=1S/C23H25N3O4S/c27-26(28)22-10-3-2-7-19(22)23-18-9-6-8-17(18)20-15-16(11-12-21(20)24-23)31(29,30)25-13-4-1-5-14-25/h2-3,6-8,10-12,15,17-18,23-24H,1,4-5,9,13-14H2. The first-order valence-electron chi connectivity index (χ1n) is 10.8. The van der Waals surface area contributed by atoms with Crippen molar-refractivity contribution in [3.8, 4) is 0 Å². The highest BCUT2D eigenvalue weighted by Crippen LogP contribution is 2.51. The first-order valence-corrected chi connectivity index (χ1v) is 12.2. The predicted molar refractivity (Wildman–Crippen MR) is 118 cm³/mol. The van der Waals surface area contributed by atoms with Gasteiger partial charge in [0.2, 0.25) is 10.0 Å². The maximum Gasteiger partial charge on any atom is 0.274 e. The Morgan fingerprint density at radius 2 is 1.81 bits per heavy atom. The van der Waals surface area contributed by atoms with Crippen LogP contribution in [0.25, 0.3) is 0 Å². The van der Waals surface area contributed by atoms with E-state index in [0.29, 0.717) is 23.5 Å². The third-order valence-electron chi connectivity index (χ3n) is 6.76. The maximum atomic E-state index is 13.2. The fraction of sp³-hybridized carbons (Fsp3) is 0.391. The number of benzene rings is 2. The largest absolute Gasteiger partial charge is 0.377 e. The molecule has 2 aromatic carbocycles. The van der Waals surface area contributed by atoms with E-state index < -0.39 is 10.0 Å². The number of allylic oxidation sites excluding steroid dienone is 2. The van der Waals surface area contributed by atoms with Crippen LogP contribution in [-0.4, -0.2) is 30.7 Å². The molecule has 1 aliphatic carbocycles. The molecule has 7 nitrogen and oxygen atoms in total. The molecule has 0 radical (unpaired) electrons. The Kier molecular flexibility index (Phi) is 5.06. The molecule has 31 heavy (non-hydrogen) atoms. The monoisotopic (exact) mass is 439 g/mol. The number of anilines is 1. The Morgan fingerprint density at radius 3 is 2.58 bits per heavy atom. The van der Waals surface area contributed by atoms with Crippen LogP contribution in [0.1, 0.15) is 48.8 Å². The summed E-state index contributed by atoms with van der Waals surface area (Å²) >= 11 is 0. The molecular weight excluding hydrogens is 414 g/mol. The first kappa shape index (κ1) is 20.2. The average molecular weight is 440 g/mol. The highest BCUT2D eigenvalue weighted by Gasteiger charge is 2.41. The van der Waals surface area contributed by atoms with E-state index in [2.05, 4.69) is 17.5 Å². The molecule has 3 atom stereocenters. The normalized spacial score (nSPS) is 25.5. The molecule has 8 heteroatoms. The summed E-state index contributed by atoms with van der Waals surface area (Å²) in [5.41, 5.74) is 2.57. The van der Waals surface area contributed by atoms with Crippen LogP contribution in [0.4, 0.5) is 11.4 Å². The van der Waals surface area contributed by atoms with Crippen LogP contribution < -0.4 is 5.32 Å². The molecule has 1 saturated heterocycles. The van der Waals surface area contributed by atoms with Gasteiger partial charge in [0.1, 0.15) is 0 Å². The number of piperidine rings is 1. The van der Waals surface area contributed by atoms with Crippen LogP contribution >= 0.6 is 0 Å². The number of rotatable bonds is 4. The van der Waals surface area contributed by atoms with E-state index in [1.165, 1.54) is 6.07 Å². The lowest BCUT2D eigenvalue weighted by Gasteiger charge is -2.37. The Bertz CT molecular complexity index is 1160. The fourth-order valence-electron chi connectivity index (χ4n) is 5.21. The highest BCUT2D eigenvalue weighted by atomic mass is 32.2. The van der Waals surface area contributed by atoms with Gasteiger partial charge in [-0.25, -0.2) is 8.42 Å². The maximum absolute atomic E-state index is 13.2. The van der Waals surface area contributed by atoms with Gasteiger partial charge in [0.05, 0.1) is 21.4 Å². The molecule has 0 amide bonds. The van der Waals surface area contributed by atoms with Crippen molar-refractivity contribution in [3.05, 3.63) is 75.9 Å². The van der Waals surface area contributed by atoms with Crippen molar-refractivity contribution in [3.63, 3.8) is 0 Å². The van der Waals surface area contributed by atoms with Gasteiger partial charge in [-0.2, -0.15) is 4.31 Å². The molecule has 1 N–H and O–H groups in total.